The second-order valence-electron chi connectivity index (χ2n) is 10.3. The Kier molecular flexibility index (Phi) is 10.8. The summed E-state index contributed by atoms with van der Waals surface area (Å²) in [5, 5.41) is 12.7. The van der Waals surface area contributed by atoms with E-state index in [9.17, 15) is 19.1 Å². The molecule has 3 rings (SSSR count). The van der Waals surface area contributed by atoms with E-state index in [1.165, 1.54) is 31.4 Å². The molecule has 1 unspecified atom stereocenters. The number of anilines is 2. The topological polar surface area (TPSA) is 78.9 Å². The van der Waals surface area contributed by atoms with Gasteiger partial charge in [-0.1, -0.05) is 56.8 Å². The van der Waals surface area contributed by atoms with E-state index in [2.05, 4.69) is 24.1 Å². The van der Waals surface area contributed by atoms with Gasteiger partial charge in [0.25, 0.3) is 0 Å². The number of benzene rings is 2. The molecule has 8 heteroatoms. The number of nitrogens with zero attached hydrogens (tertiary/aromatic N) is 1. The molecule has 1 fully saturated rings. The highest BCUT2D eigenvalue weighted by molar-refractivity contribution is 6.30. The number of carbonyl (C=O) groups excluding carboxylic acids is 1. The molecule has 0 aliphatic heterocycles. The smallest absolute Gasteiger partial charge is 0.304 e. The zero-order valence-electron chi connectivity index (χ0n) is 21.9. The van der Waals surface area contributed by atoms with Crippen LogP contribution in [0.1, 0.15) is 69.4 Å². The predicted octanol–water partition coefficient (Wildman–Crippen LogP) is 6.66. The minimum atomic E-state index is -0.918. The zero-order chi connectivity index (χ0) is 26.9. The van der Waals surface area contributed by atoms with Crippen LogP contribution in [0.5, 0.6) is 0 Å². The highest BCUT2D eigenvalue weighted by atomic mass is 35.5. The van der Waals surface area contributed by atoms with Crippen molar-refractivity contribution in [3.8, 4) is 0 Å². The fraction of sp³-hybridized carbons (Fsp3) is 0.517. The number of carboxylic acid groups (broad SMARTS) is 1. The number of halogens is 2. The minimum absolute atomic E-state index is 0.0884. The Balaban J connectivity index is 1.99. The van der Waals surface area contributed by atoms with E-state index in [0.29, 0.717) is 17.6 Å². The van der Waals surface area contributed by atoms with Crippen LogP contribution in [0.3, 0.4) is 0 Å². The molecule has 1 amide bonds. The lowest BCUT2D eigenvalue weighted by atomic mass is 9.91. The lowest BCUT2D eigenvalue weighted by molar-refractivity contribution is -0.137. The number of nitrogens with one attached hydrogen (secondary N) is 1. The number of amides is 1. The van der Waals surface area contributed by atoms with E-state index in [4.69, 9.17) is 16.3 Å². The molecule has 0 radical (unpaired) electrons. The van der Waals surface area contributed by atoms with Crippen LogP contribution in [0.2, 0.25) is 5.02 Å². The van der Waals surface area contributed by atoms with Gasteiger partial charge in [-0.05, 0) is 54.2 Å². The van der Waals surface area contributed by atoms with Gasteiger partial charge in [0.1, 0.15) is 5.82 Å². The number of hydrogen-bond acceptors (Lipinski definition) is 4. The third-order valence-electron chi connectivity index (χ3n) is 6.81. The second-order valence-corrected chi connectivity index (χ2v) is 10.8. The Bertz CT molecular complexity index is 1070. The molecule has 0 saturated heterocycles. The van der Waals surface area contributed by atoms with Crippen LogP contribution >= 0.6 is 11.6 Å². The maximum absolute atomic E-state index is 14.4. The van der Waals surface area contributed by atoms with Crippen molar-refractivity contribution < 1.29 is 23.8 Å². The number of methoxy groups -OCH3 is 1. The fourth-order valence-corrected chi connectivity index (χ4v) is 5.26. The molecule has 1 aliphatic carbocycles. The average Bonchev–Trinajstić information content (AvgIpc) is 2.84. The number of aliphatic carboxylic acids is 1. The molecule has 0 aromatic heterocycles. The molecule has 1 aliphatic rings. The van der Waals surface area contributed by atoms with E-state index < -0.39 is 11.8 Å². The normalized spacial score (nSPS) is 15.0. The predicted molar refractivity (Wildman–Crippen MR) is 146 cm³/mol. The van der Waals surface area contributed by atoms with Crippen LogP contribution in [0.25, 0.3) is 0 Å². The van der Waals surface area contributed by atoms with Crippen LogP contribution in [0, 0.1) is 11.7 Å². The summed E-state index contributed by atoms with van der Waals surface area (Å²) < 4.78 is 19.7. The number of carboxylic acids is 1. The summed E-state index contributed by atoms with van der Waals surface area (Å²) in [6.45, 7) is 5.42. The molecule has 0 heterocycles. The Labute approximate surface area is 224 Å². The van der Waals surface area contributed by atoms with Gasteiger partial charge >= 0.3 is 5.97 Å². The maximum atomic E-state index is 14.4. The fourth-order valence-electron chi connectivity index (χ4n) is 5.11. The minimum Gasteiger partial charge on any atom is -0.481 e. The molecule has 202 valence electrons. The van der Waals surface area contributed by atoms with E-state index in [1.54, 1.807) is 13.2 Å². The molecule has 2 aromatic carbocycles. The zero-order valence-corrected chi connectivity index (χ0v) is 22.7. The van der Waals surface area contributed by atoms with Crippen molar-refractivity contribution in [2.75, 3.05) is 30.5 Å². The first-order chi connectivity index (χ1) is 17.7. The number of hydrogen-bond donors (Lipinski definition) is 2. The summed E-state index contributed by atoms with van der Waals surface area (Å²) in [5.41, 5.74) is 2.54. The summed E-state index contributed by atoms with van der Waals surface area (Å²) in [4.78, 5) is 27.0. The molecule has 2 N–H and O–H groups in total. The standard InChI is InChI=1S/C29H38ClFN2O4/c1-19(2)17-33(24-7-5-4-6-8-24)27-12-10-20(22(18-37-3)15-29(35)36)13-26(27)32-28(34)14-21-9-11-23(30)16-25(21)31/h9-13,16,19,22,24H,4-8,14-15,17-18H2,1-3H3,(H,32,34)(H,35,36). The van der Waals surface area contributed by atoms with Gasteiger partial charge in [0.2, 0.25) is 5.91 Å². The van der Waals surface area contributed by atoms with Crippen LogP contribution in [0.15, 0.2) is 36.4 Å². The molecule has 1 atom stereocenters. The van der Waals surface area contributed by atoms with Crippen molar-refractivity contribution in [2.24, 2.45) is 5.92 Å². The molecule has 2 aromatic rings. The van der Waals surface area contributed by atoms with Gasteiger partial charge in [0, 0.05) is 30.6 Å². The van der Waals surface area contributed by atoms with E-state index >= 15 is 0 Å². The van der Waals surface area contributed by atoms with Crippen molar-refractivity contribution in [2.45, 2.75) is 70.8 Å². The largest absolute Gasteiger partial charge is 0.481 e. The number of ether oxygens (including phenoxy) is 1. The molecular weight excluding hydrogens is 495 g/mol. The number of carbonyl (C=O) groups is 2. The summed E-state index contributed by atoms with van der Waals surface area (Å²) >= 11 is 5.86. The van der Waals surface area contributed by atoms with Gasteiger partial charge in [0.05, 0.1) is 30.8 Å². The van der Waals surface area contributed by atoms with Gasteiger partial charge in [0.15, 0.2) is 0 Å². The Hall–Kier alpha value is -2.64. The SMILES string of the molecule is COCC(CC(=O)O)c1ccc(N(CC(C)C)C2CCCCC2)c(NC(=O)Cc2ccc(Cl)cc2F)c1. The summed E-state index contributed by atoms with van der Waals surface area (Å²) in [6, 6.07) is 10.4. The van der Waals surface area contributed by atoms with Crippen molar-refractivity contribution in [3.05, 3.63) is 58.4 Å². The van der Waals surface area contributed by atoms with Crippen LogP contribution in [-0.2, 0) is 20.7 Å². The first-order valence-corrected chi connectivity index (χ1v) is 13.4. The molecule has 37 heavy (non-hydrogen) atoms. The summed E-state index contributed by atoms with van der Waals surface area (Å²) in [6.07, 6.45) is 5.51. The van der Waals surface area contributed by atoms with E-state index in [-0.39, 0.29) is 41.9 Å². The summed E-state index contributed by atoms with van der Waals surface area (Å²) in [7, 11) is 1.54. The van der Waals surface area contributed by atoms with Gasteiger partial charge in [-0.2, -0.15) is 0 Å². The third-order valence-corrected chi connectivity index (χ3v) is 7.04. The van der Waals surface area contributed by atoms with Crippen molar-refractivity contribution in [3.63, 3.8) is 0 Å². The summed E-state index contributed by atoms with van der Waals surface area (Å²) in [5.74, 6) is -1.76. The lowest BCUT2D eigenvalue weighted by Crippen LogP contribution is -2.40. The van der Waals surface area contributed by atoms with Gasteiger partial charge in [-0.3, -0.25) is 9.59 Å². The van der Waals surface area contributed by atoms with Crippen LogP contribution in [-0.4, -0.2) is 43.3 Å². The average molecular weight is 533 g/mol. The van der Waals surface area contributed by atoms with Gasteiger partial charge in [-0.15, -0.1) is 0 Å². The van der Waals surface area contributed by atoms with Crippen molar-refractivity contribution in [1.29, 1.82) is 0 Å². The molecule has 6 nitrogen and oxygen atoms in total. The van der Waals surface area contributed by atoms with Crippen molar-refractivity contribution in [1.82, 2.24) is 0 Å². The monoisotopic (exact) mass is 532 g/mol. The van der Waals surface area contributed by atoms with Crippen LogP contribution in [0.4, 0.5) is 15.8 Å². The van der Waals surface area contributed by atoms with E-state index in [0.717, 1.165) is 30.6 Å². The lowest BCUT2D eigenvalue weighted by Gasteiger charge is -2.38. The molecule has 1 saturated carbocycles. The van der Waals surface area contributed by atoms with Crippen LogP contribution < -0.4 is 10.2 Å². The third kappa shape index (κ3) is 8.44. The highest BCUT2D eigenvalue weighted by Crippen LogP contribution is 2.36. The molecule has 0 bridgehead atoms. The Morgan fingerprint density at radius 3 is 2.51 bits per heavy atom. The highest BCUT2D eigenvalue weighted by Gasteiger charge is 2.26. The Morgan fingerprint density at radius 1 is 1.16 bits per heavy atom. The Morgan fingerprint density at radius 2 is 1.89 bits per heavy atom. The molecular formula is C29H38ClFN2O4. The quantitative estimate of drug-likeness (QED) is 0.319. The first-order valence-electron chi connectivity index (χ1n) is 13.0. The van der Waals surface area contributed by atoms with Crippen molar-refractivity contribution >= 4 is 34.9 Å². The van der Waals surface area contributed by atoms with E-state index in [1.807, 2.05) is 18.2 Å². The van der Waals surface area contributed by atoms with Gasteiger partial charge in [-0.25, -0.2) is 4.39 Å². The number of rotatable bonds is 12. The van der Waals surface area contributed by atoms with Gasteiger partial charge < -0.3 is 20.1 Å². The maximum Gasteiger partial charge on any atom is 0.304 e. The second kappa shape index (κ2) is 13.8. The first kappa shape index (κ1) is 28.9. The molecule has 0 spiro atoms.